The predicted octanol–water partition coefficient (Wildman–Crippen LogP) is 2.90. The van der Waals surface area contributed by atoms with Crippen LogP contribution in [0, 0.1) is 0 Å². The number of rotatable bonds is 6. The van der Waals surface area contributed by atoms with Gasteiger partial charge in [-0.05, 0) is 6.92 Å². The predicted molar refractivity (Wildman–Crippen MR) is 53.1 cm³/mol. The van der Waals surface area contributed by atoms with Crippen LogP contribution in [0.1, 0.15) is 6.92 Å². The summed E-state index contributed by atoms with van der Waals surface area (Å²) in [6.07, 6.45) is -9.90. The monoisotopic (exact) mass is 332 g/mol. The Hall–Kier alpha value is -0.800. The molecule has 0 spiro atoms. The zero-order valence-corrected chi connectivity index (χ0v) is 11.1. The van der Waals surface area contributed by atoms with E-state index in [1.165, 1.54) is 0 Å². The van der Waals surface area contributed by atoms with Crippen LogP contribution in [0.4, 0.5) is 26.3 Å². The van der Waals surface area contributed by atoms with Crippen molar-refractivity contribution in [2.45, 2.75) is 24.9 Å². The standard InChI is InChI=1S/C8H11F6O5P/c1-5(6(15)17-2)20(16,18-3-7(9,10)11)19-4-8(12,13)14/h5H,3-4H2,1-2H3/t5-/m1/s1. The summed E-state index contributed by atoms with van der Waals surface area (Å²) >= 11 is 0. The van der Waals surface area contributed by atoms with E-state index in [4.69, 9.17) is 0 Å². The van der Waals surface area contributed by atoms with E-state index in [1.807, 2.05) is 0 Å². The third-order valence-electron chi connectivity index (χ3n) is 1.83. The van der Waals surface area contributed by atoms with Gasteiger partial charge in [-0.3, -0.25) is 18.4 Å². The lowest BCUT2D eigenvalue weighted by Gasteiger charge is -2.23. The van der Waals surface area contributed by atoms with Gasteiger partial charge in [0.25, 0.3) is 0 Å². The van der Waals surface area contributed by atoms with Gasteiger partial charge in [0, 0.05) is 0 Å². The summed E-state index contributed by atoms with van der Waals surface area (Å²) in [4.78, 5) is 11.1. The zero-order valence-electron chi connectivity index (χ0n) is 10.2. The van der Waals surface area contributed by atoms with Gasteiger partial charge in [-0.15, -0.1) is 0 Å². The number of halogens is 6. The van der Waals surface area contributed by atoms with Crippen LogP contribution in [-0.4, -0.2) is 44.3 Å². The molecule has 0 saturated heterocycles. The van der Waals surface area contributed by atoms with Gasteiger partial charge < -0.3 is 4.74 Å². The molecule has 0 amide bonds. The molecular formula is C8H11F6O5P. The van der Waals surface area contributed by atoms with Gasteiger partial charge in [0.2, 0.25) is 0 Å². The smallest absolute Gasteiger partial charge is 0.412 e. The Labute approximate surface area is 109 Å². The molecule has 0 radical (unpaired) electrons. The lowest BCUT2D eigenvalue weighted by atomic mass is 10.5. The second kappa shape index (κ2) is 6.77. The maximum Gasteiger partial charge on any atom is 0.412 e. The Kier molecular flexibility index (Phi) is 6.50. The molecule has 120 valence electrons. The van der Waals surface area contributed by atoms with Crippen molar-refractivity contribution < 1.29 is 49.5 Å². The maximum absolute atomic E-state index is 12.0. The average Bonchev–Trinajstić information content (AvgIpc) is 2.30. The SMILES string of the molecule is COC(=O)[C@@H](C)P(=O)(OCC(F)(F)F)OCC(F)(F)F. The molecule has 0 fully saturated rings. The second-order valence-corrected chi connectivity index (χ2v) is 5.89. The van der Waals surface area contributed by atoms with Crippen molar-refractivity contribution >= 4 is 13.6 Å². The van der Waals surface area contributed by atoms with Crippen LogP contribution in [0.15, 0.2) is 0 Å². The van der Waals surface area contributed by atoms with Crippen LogP contribution in [0.3, 0.4) is 0 Å². The minimum atomic E-state index is -4.99. The molecule has 0 aromatic rings. The molecule has 5 nitrogen and oxygen atoms in total. The fourth-order valence-electron chi connectivity index (χ4n) is 0.887. The van der Waals surface area contributed by atoms with Crippen molar-refractivity contribution in [3.8, 4) is 0 Å². The van der Waals surface area contributed by atoms with Gasteiger partial charge in [-0.25, -0.2) is 0 Å². The third kappa shape index (κ3) is 7.11. The van der Waals surface area contributed by atoms with Gasteiger partial charge >= 0.3 is 25.9 Å². The van der Waals surface area contributed by atoms with Gasteiger partial charge in [-0.2, -0.15) is 26.3 Å². The maximum atomic E-state index is 12.0. The van der Waals surface area contributed by atoms with Crippen LogP contribution < -0.4 is 0 Å². The molecule has 0 bridgehead atoms. The Bertz CT molecular complexity index is 357. The molecule has 0 heterocycles. The lowest BCUT2D eigenvalue weighted by Crippen LogP contribution is -2.27. The molecule has 0 aliphatic carbocycles. The molecule has 0 aromatic carbocycles. The molecule has 20 heavy (non-hydrogen) atoms. The van der Waals surface area contributed by atoms with E-state index in [1.54, 1.807) is 0 Å². The summed E-state index contributed by atoms with van der Waals surface area (Å²) in [6.45, 7) is -3.47. The van der Waals surface area contributed by atoms with Crippen molar-refractivity contribution in [1.29, 1.82) is 0 Å². The fourth-order valence-corrected chi connectivity index (χ4v) is 2.42. The highest BCUT2D eigenvalue weighted by molar-refractivity contribution is 7.55. The van der Waals surface area contributed by atoms with Gasteiger partial charge in [0.1, 0.15) is 0 Å². The molecule has 0 saturated carbocycles. The van der Waals surface area contributed by atoms with Gasteiger partial charge in [0.05, 0.1) is 7.11 Å². The summed E-state index contributed by atoms with van der Waals surface area (Å²) in [6, 6.07) is 0. The molecule has 0 aliphatic heterocycles. The first kappa shape index (κ1) is 19.2. The molecule has 12 heteroatoms. The normalized spacial score (nSPS) is 15.0. The Balaban J connectivity index is 5.03. The van der Waals surface area contributed by atoms with E-state index < -0.39 is 44.8 Å². The van der Waals surface area contributed by atoms with Crippen LogP contribution in [-0.2, 0) is 23.1 Å². The van der Waals surface area contributed by atoms with E-state index in [-0.39, 0.29) is 0 Å². The third-order valence-corrected chi connectivity index (χ3v) is 3.97. The second-order valence-electron chi connectivity index (χ2n) is 3.52. The van der Waals surface area contributed by atoms with E-state index in [0.717, 1.165) is 14.0 Å². The minimum absolute atomic E-state index is 0.777. The van der Waals surface area contributed by atoms with Gasteiger partial charge in [-0.1, -0.05) is 0 Å². The Morgan fingerprint density at radius 3 is 1.65 bits per heavy atom. The number of ether oxygens (including phenoxy) is 1. The number of methoxy groups -OCH3 is 1. The lowest BCUT2D eigenvalue weighted by molar-refractivity contribution is -0.167. The number of carbonyl (C=O) groups is 1. The highest BCUT2D eigenvalue weighted by Crippen LogP contribution is 2.54. The van der Waals surface area contributed by atoms with Crippen molar-refractivity contribution in [3.63, 3.8) is 0 Å². The summed E-state index contributed by atoms with van der Waals surface area (Å²) in [5.74, 6) is -1.32. The Morgan fingerprint density at radius 2 is 1.40 bits per heavy atom. The quantitative estimate of drug-likeness (QED) is 0.425. The number of hydrogen-bond donors (Lipinski definition) is 0. The van der Waals surface area contributed by atoms with Crippen LogP contribution in [0.2, 0.25) is 0 Å². The molecule has 0 aliphatic rings. The van der Waals surface area contributed by atoms with Crippen LogP contribution >= 0.6 is 7.60 Å². The molecule has 0 aromatic heterocycles. The van der Waals surface area contributed by atoms with E-state index in [0.29, 0.717) is 0 Å². The van der Waals surface area contributed by atoms with Crippen molar-refractivity contribution in [2.75, 3.05) is 20.3 Å². The first-order chi connectivity index (χ1) is 8.81. The Morgan fingerprint density at radius 1 is 1.05 bits per heavy atom. The summed E-state index contributed by atoms with van der Waals surface area (Å²) in [7, 11) is -4.17. The molecule has 0 unspecified atom stereocenters. The van der Waals surface area contributed by atoms with Crippen LogP contribution in [0.25, 0.3) is 0 Å². The highest BCUT2D eigenvalue weighted by atomic mass is 31.2. The summed E-state index contributed by atoms with van der Waals surface area (Å²) in [5.41, 5.74) is -1.93. The number of carbonyl (C=O) groups excluding carboxylic acids is 1. The first-order valence-corrected chi connectivity index (χ1v) is 6.52. The largest absolute Gasteiger partial charge is 0.468 e. The molecule has 0 N–H and O–H groups in total. The van der Waals surface area contributed by atoms with Crippen molar-refractivity contribution in [3.05, 3.63) is 0 Å². The van der Waals surface area contributed by atoms with Crippen LogP contribution in [0.5, 0.6) is 0 Å². The zero-order chi connectivity index (χ0) is 16.2. The van der Waals surface area contributed by atoms with E-state index in [9.17, 15) is 35.7 Å². The highest BCUT2D eigenvalue weighted by Gasteiger charge is 2.45. The van der Waals surface area contributed by atoms with E-state index in [2.05, 4.69) is 13.8 Å². The number of esters is 1. The molecule has 1 atom stereocenters. The molecule has 0 rings (SSSR count). The summed E-state index contributed by atoms with van der Waals surface area (Å²) in [5, 5.41) is 0. The van der Waals surface area contributed by atoms with Gasteiger partial charge in [0.15, 0.2) is 18.9 Å². The fraction of sp³-hybridized carbons (Fsp3) is 0.875. The number of alkyl halides is 6. The first-order valence-electron chi connectivity index (χ1n) is 4.91. The summed E-state index contributed by atoms with van der Waals surface area (Å²) < 4.78 is 95.5. The van der Waals surface area contributed by atoms with Crippen molar-refractivity contribution in [1.82, 2.24) is 0 Å². The topological polar surface area (TPSA) is 61.8 Å². The number of hydrogen-bond acceptors (Lipinski definition) is 5. The van der Waals surface area contributed by atoms with Crippen molar-refractivity contribution in [2.24, 2.45) is 0 Å². The van der Waals surface area contributed by atoms with E-state index >= 15 is 0 Å². The minimum Gasteiger partial charge on any atom is -0.468 e. The average molecular weight is 332 g/mol. The molecular weight excluding hydrogens is 321 g/mol.